The Kier molecular flexibility index (Phi) is 4.21. The van der Waals surface area contributed by atoms with Crippen molar-refractivity contribution in [3.63, 3.8) is 0 Å². The van der Waals surface area contributed by atoms with Gasteiger partial charge >= 0.3 is 0 Å². The van der Waals surface area contributed by atoms with Gasteiger partial charge in [0.25, 0.3) is 0 Å². The molecule has 0 radical (unpaired) electrons. The fourth-order valence-corrected chi connectivity index (χ4v) is 0.832. The quantitative estimate of drug-likeness (QED) is 0.679. The molecule has 0 aromatic heterocycles. The van der Waals surface area contributed by atoms with Crippen molar-refractivity contribution < 1.29 is 5.11 Å². The molecular weight excluding hydrogens is 150 g/mol. The molecule has 2 heteroatoms. The fraction of sp³-hybridized carbons (Fsp3) is 1.00. The molecule has 0 bridgehead atoms. The molecule has 12 heavy (non-hydrogen) atoms. The topological polar surface area (TPSA) is 32.3 Å². The average Bonchev–Trinajstić information content (AvgIpc) is 1.84. The van der Waals surface area contributed by atoms with Crippen LogP contribution in [-0.2, 0) is 0 Å². The summed E-state index contributed by atoms with van der Waals surface area (Å²) in [4.78, 5) is 0. The monoisotopic (exact) mass is 173 g/mol. The highest BCUT2D eigenvalue weighted by atomic mass is 16.3. The van der Waals surface area contributed by atoms with Crippen molar-refractivity contribution >= 4 is 0 Å². The Bertz CT molecular complexity index is 124. The van der Waals surface area contributed by atoms with Gasteiger partial charge in [0.2, 0.25) is 0 Å². The Morgan fingerprint density at radius 3 is 1.92 bits per heavy atom. The van der Waals surface area contributed by atoms with Crippen LogP contribution in [-0.4, -0.2) is 23.8 Å². The van der Waals surface area contributed by atoms with E-state index in [4.69, 9.17) is 0 Å². The van der Waals surface area contributed by atoms with Gasteiger partial charge in [-0.05, 0) is 18.8 Å². The van der Waals surface area contributed by atoms with Crippen LogP contribution in [0, 0.1) is 5.41 Å². The summed E-state index contributed by atoms with van der Waals surface area (Å²) in [7, 11) is 0. The van der Waals surface area contributed by atoms with E-state index in [-0.39, 0.29) is 0 Å². The van der Waals surface area contributed by atoms with Crippen LogP contribution in [0.2, 0.25) is 0 Å². The summed E-state index contributed by atoms with van der Waals surface area (Å²) in [6.07, 6.45) is 0.796. The van der Waals surface area contributed by atoms with Gasteiger partial charge < -0.3 is 10.4 Å². The van der Waals surface area contributed by atoms with Gasteiger partial charge in [-0.2, -0.15) is 0 Å². The molecule has 0 rings (SSSR count). The van der Waals surface area contributed by atoms with Gasteiger partial charge in [0.05, 0.1) is 5.60 Å². The Balaban J connectivity index is 3.57. The van der Waals surface area contributed by atoms with Crippen LogP contribution in [0.4, 0.5) is 0 Å². The van der Waals surface area contributed by atoms with E-state index in [0.717, 1.165) is 13.0 Å². The third-order valence-electron chi connectivity index (χ3n) is 1.92. The van der Waals surface area contributed by atoms with Gasteiger partial charge in [0.15, 0.2) is 0 Å². The minimum atomic E-state index is -0.550. The first-order chi connectivity index (χ1) is 5.27. The SMILES string of the molecule is CCC(C)(O)CNCC(C)(C)C. The zero-order valence-electron chi connectivity index (χ0n) is 9.07. The van der Waals surface area contributed by atoms with E-state index in [1.807, 2.05) is 13.8 Å². The minimum Gasteiger partial charge on any atom is -0.389 e. The van der Waals surface area contributed by atoms with Crippen molar-refractivity contribution in [3.05, 3.63) is 0 Å². The lowest BCUT2D eigenvalue weighted by Gasteiger charge is -2.25. The number of hydrogen-bond donors (Lipinski definition) is 2. The molecule has 1 atom stereocenters. The summed E-state index contributed by atoms with van der Waals surface area (Å²) in [6, 6.07) is 0. The molecule has 2 nitrogen and oxygen atoms in total. The van der Waals surface area contributed by atoms with Gasteiger partial charge in [-0.1, -0.05) is 27.7 Å². The third kappa shape index (κ3) is 6.62. The molecule has 0 saturated carbocycles. The molecule has 0 heterocycles. The summed E-state index contributed by atoms with van der Waals surface area (Å²) in [6.45, 7) is 12.0. The smallest absolute Gasteiger partial charge is 0.0740 e. The van der Waals surface area contributed by atoms with Crippen LogP contribution < -0.4 is 5.32 Å². The van der Waals surface area contributed by atoms with Gasteiger partial charge in [-0.25, -0.2) is 0 Å². The summed E-state index contributed by atoms with van der Waals surface area (Å²) < 4.78 is 0. The molecule has 0 aliphatic heterocycles. The first kappa shape index (κ1) is 11.9. The maximum Gasteiger partial charge on any atom is 0.0740 e. The maximum atomic E-state index is 9.66. The summed E-state index contributed by atoms with van der Waals surface area (Å²) in [5.74, 6) is 0. The molecule has 0 spiro atoms. The average molecular weight is 173 g/mol. The minimum absolute atomic E-state index is 0.295. The van der Waals surface area contributed by atoms with Gasteiger partial charge in [-0.3, -0.25) is 0 Å². The zero-order valence-corrected chi connectivity index (χ0v) is 9.07. The first-order valence-corrected chi connectivity index (χ1v) is 4.70. The highest BCUT2D eigenvalue weighted by Gasteiger charge is 2.18. The Morgan fingerprint density at radius 2 is 1.58 bits per heavy atom. The van der Waals surface area contributed by atoms with E-state index in [1.54, 1.807) is 0 Å². The lowest BCUT2D eigenvalue weighted by atomic mass is 9.96. The molecule has 0 fully saturated rings. The molecule has 74 valence electrons. The molecule has 0 aromatic carbocycles. The lowest BCUT2D eigenvalue weighted by molar-refractivity contribution is 0.0538. The van der Waals surface area contributed by atoms with E-state index in [9.17, 15) is 5.11 Å². The number of rotatable bonds is 4. The second-order valence-electron chi connectivity index (χ2n) is 5.01. The van der Waals surface area contributed by atoms with E-state index in [1.165, 1.54) is 0 Å². The van der Waals surface area contributed by atoms with Crippen LogP contribution in [0.25, 0.3) is 0 Å². The van der Waals surface area contributed by atoms with Gasteiger partial charge in [-0.15, -0.1) is 0 Å². The van der Waals surface area contributed by atoms with Crippen LogP contribution in [0.1, 0.15) is 41.0 Å². The summed E-state index contributed by atoms with van der Waals surface area (Å²) in [5.41, 5.74) is -0.255. The van der Waals surface area contributed by atoms with Crippen LogP contribution >= 0.6 is 0 Å². The van der Waals surface area contributed by atoms with Crippen molar-refractivity contribution in [1.82, 2.24) is 5.32 Å². The van der Waals surface area contributed by atoms with Crippen molar-refractivity contribution in [1.29, 1.82) is 0 Å². The molecule has 0 amide bonds. The highest BCUT2D eigenvalue weighted by Crippen LogP contribution is 2.12. The van der Waals surface area contributed by atoms with Crippen LogP contribution in [0.3, 0.4) is 0 Å². The Morgan fingerprint density at radius 1 is 1.08 bits per heavy atom. The number of hydrogen-bond acceptors (Lipinski definition) is 2. The summed E-state index contributed by atoms with van der Waals surface area (Å²) in [5, 5.41) is 12.9. The zero-order chi connectivity index (χ0) is 9.83. The predicted molar refractivity (Wildman–Crippen MR) is 53.2 cm³/mol. The third-order valence-corrected chi connectivity index (χ3v) is 1.92. The van der Waals surface area contributed by atoms with Crippen molar-refractivity contribution in [3.8, 4) is 0 Å². The molecule has 1 unspecified atom stereocenters. The van der Waals surface area contributed by atoms with E-state index in [2.05, 4.69) is 26.1 Å². The second kappa shape index (κ2) is 4.24. The van der Waals surface area contributed by atoms with Crippen molar-refractivity contribution in [2.24, 2.45) is 5.41 Å². The highest BCUT2D eigenvalue weighted by molar-refractivity contribution is 4.75. The van der Waals surface area contributed by atoms with E-state index < -0.39 is 5.60 Å². The normalized spacial score (nSPS) is 17.5. The number of nitrogens with one attached hydrogen (secondary N) is 1. The molecule has 0 aliphatic rings. The van der Waals surface area contributed by atoms with Crippen LogP contribution in [0.5, 0.6) is 0 Å². The van der Waals surface area contributed by atoms with E-state index >= 15 is 0 Å². The first-order valence-electron chi connectivity index (χ1n) is 4.70. The molecule has 0 saturated heterocycles. The Hall–Kier alpha value is -0.0800. The largest absolute Gasteiger partial charge is 0.389 e. The van der Waals surface area contributed by atoms with Gasteiger partial charge in [0, 0.05) is 13.1 Å². The maximum absolute atomic E-state index is 9.66. The Labute approximate surface area is 76.4 Å². The van der Waals surface area contributed by atoms with Crippen molar-refractivity contribution in [2.75, 3.05) is 13.1 Å². The molecule has 2 N–H and O–H groups in total. The molecule has 0 aromatic rings. The van der Waals surface area contributed by atoms with Crippen molar-refractivity contribution in [2.45, 2.75) is 46.6 Å². The molecular formula is C10H23NO. The van der Waals surface area contributed by atoms with E-state index in [0.29, 0.717) is 12.0 Å². The van der Waals surface area contributed by atoms with Gasteiger partial charge in [0.1, 0.15) is 0 Å². The predicted octanol–water partition coefficient (Wildman–Crippen LogP) is 1.78. The number of aliphatic hydroxyl groups is 1. The second-order valence-corrected chi connectivity index (χ2v) is 5.01. The molecule has 0 aliphatic carbocycles. The summed E-state index contributed by atoms with van der Waals surface area (Å²) >= 11 is 0. The van der Waals surface area contributed by atoms with Crippen LogP contribution in [0.15, 0.2) is 0 Å². The standard InChI is InChI=1S/C10H23NO/c1-6-10(5,12)8-11-7-9(2,3)4/h11-12H,6-8H2,1-5H3. The fourth-order valence-electron chi connectivity index (χ4n) is 0.832. The lowest BCUT2D eigenvalue weighted by Crippen LogP contribution is -2.40.